The number of ketones is 1. The highest BCUT2D eigenvalue weighted by Gasteiger charge is 2.06. The molecule has 4 nitrogen and oxygen atoms in total. The van der Waals surface area contributed by atoms with Gasteiger partial charge in [0.1, 0.15) is 0 Å². The minimum atomic E-state index is 0.0481. The van der Waals surface area contributed by atoms with Crippen LogP contribution in [0.15, 0.2) is 36.7 Å². The third kappa shape index (κ3) is 2.11. The normalized spacial score (nSPS) is 10.1. The predicted octanol–water partition coefficient (Wildman–Crippen LogP) is 2.37. The summed E-state index contributed by atoms with van der Waals surface area (Å²) in [6, 6.07) is 7.43. The summed E-state index contributed by atoms with van der Waals surface area (Å²) in [6.07, 6.45) is 3.58. The molecule has 0 atom stereocenters. The molecule has 0 saturated heterocycles. The fraction of sp³-hybridized carbons (Fsp3) is 0.167. The largest absolute Gasteiger partial charge is 0.352 e. The molecule has 0 radical (unpaired) electrons. The first-order valence-electron chi connectivity index (χ1n) is 5.02. The highest BCUT2D eigenvalue weighted by atomic mass is 16.1. The van der Waals surface area contributed by atoms with Crippen LogP contribution in [-0.4, -0.2) is 15.6 Å². The fourth-order valence-electron chi connectivity index (χ4n) is 1.54. The first kappa shape index (κ1) is 10.4. The second-order valence-electron chi connectivity index (χ2n) is 3.63. The van der Waals surface area contributed by atoms with Crippen LogP contribution >= 0.6 is 0 Å². The van der Waals surface area contributed by atoms with E-state index in [1.165, 1.54) is 0 Å². The summed E-state index contributed by atoms with van der Waals surface area (Å²) in [5.74, 6) is 0.0481. The van der Waals surface area contributed by atoms with Crippen LogP contribution in [0.5, 0.6) is 0 Å². The summed E-state index contributed by atoms with van der Waals surface area (Å²) in [4.78, 5) is 11.4. The number of hydrogen-bond donors (Lipinski definition) is 1. The average molecular weight is 215 g/mol. The van der Waals surface area contributed by atoms with E-state index < -0.39 is 0 Å². The van der Waals surface area contributed by atoms with Crippen molar-refractivity contribution in [2.45, 2.75) is 6.92 Å². The molecule has 16 heavy (non-hydrogen) atoms. The summed E-state index contributed by atoms with van der Waals surface area (Å²) >= 11 is 0. The number of Topliss-reactive ketones (excluding diaryl/α,β-unsaturated/α-hetero) is 1. The third-order valence-corrected chi connectivity index (χ3v) is 2.29. The van der Waals surface area contributed by atoms with Crippen LogP contribution < -0.4 is 5.32 Å². The van der Waals surface area contributed by atoms with Crippen LogP contribution in [0.3, 0.4) is 0 Å². The van der Waals surface area contributed by atoms with Crippen LogP contribution in [0.4, 0.5) is 11.4 Å². The number of nitrogens with one attached hydrogen (secondary N) is 1. The van der Waals surface area contributed by atoms with E-state index in [0.717, 1.165) is 11.4 Å². The highest BCUT2D eigenvalue weighted by molar-refractivity contribution is 6.00. The van der Waals surface area contributed by atoms with Crippen LogP contribution in [0, 0.1) is 0 Å². The zero-order chi connectivity index (χ0) is 11.5. The van der Waals surface area contributed by atoms with Crippen LogP contribution in [0.1, 0.15) is 17.3 Å². The van der Waals surface area contributed by atoms with E-state index in [0.29, 0.717) is 5.56 Å². The summed E-state index contributed by atoms with van der Waals surface area (Å²) in [5, 5.41) is 7.23. The number of carbonyl (C=O) groups excluding carboxylic acids is 1. The number of aromatic nitrogens is 2. The van der Waals surface area contributed by atoms with E-state index in [1.54, 1.807) is 23.9 Å². The van der Waals surface area contributed by atoms with Crippen molar-refractivity contribution >= 4 is 17.2 Å². The molecular formula is C12H13N3O. The molecule has 0 fully saturated rings. The average Bonchev–Trinajstić information content (AvgIpc) is 2.64. The monoisotopic (exact) mass is 215 g/mol. The highest BCUT2D eigenvalue weighted by Crippen LogP contribution is 2.20. The summed E-state index contributed by atoms with van der Waals surface area (Å²) < 4.78 is 1.71. The van der Waals surface area contributed by atoms with E-state index in [4.69, 9.17) is 0 Å². The van der Waals surface area contributed by atoms with Crippen LogP contribution in [0.2, 0.25) is 0 Å². The van der Waals surface area contributed by atoms with Gasteiger partial charge in [-0.25, -0.2) is 0 Å². The molecule has 0 aliphatic heterocycles. The standard InChI is InChI=1S/C12H13N3O/c1-9(16)11-5-3-4-6-12(11)14-10-7-13-15(2)8-10/h3-8,14H,1-2H3. The molecule has 0 aliphatic carbocycles. The molecule has 82 valence electrons. The molecule has 0 amide bonds. The summed E-state index contributed by atoms with van der Waals surface area (Å²) in [7, 11) is 1.85. The van der Waals surface area contributed by atoms with Gasteiger partial charge in [0.05, 0.1) is 11.9 Å². The van der Waals surface area contributed by atoms with Crippen LogP contribution in [0.25, 0.3) is 0 Å². The number of rotatable bonds is 3. The Labute approximate surface area is 93.9 Å². The second kappa shape index (κ2) is 4.18. The number of nitrogens with zero attached hydrogens (tertiary/aromatic N) is 2. The topological polar surface area (TPSA) is 46.9 Å². The molecule has 0 saturated carbocycles. The zero-order valence-corrected chi connectivity index (χ0v) is 9.27. The fourth-order valence-corrected chi connectivity index (χ4v) is 1.54. The van der Waals surface area contributed by atoms with E-state index in [2.05, 4.69) is 10.4 Å². The lowest BCUT2D eigenvalue weighted by molar-refractivity contribution is 0.101. The van der Waals surface area contributed by atoms with Gasteiger partial charge in [-0.15, -0.1) is 0 Å². The molecular weight excluding hydrogens is 202 g/mol. The lowest BCUT2D eigenvalue weighted by Crippen LogP contribution is -1.99. The maximum absolute atomic E-state index is 11.4. The first-order valence-corrected chi connectivity index (χ1v) is 5.02. The van der Waals surface area contributed by atoms with Crippen molar-refractivity contribution in [3.05, 3.63) is 42.2 Å². The third-order valence-electron chi connectivity index (χ3n) is 2.29. The Morgan fingerprint density at radius 3 is 2.75 bits per heavy atom. The molecule has 2 aromatic rings. The Morgan fingerprint density at radius 1 is 1.38 bits per heavy atom. The van der Waals surface area contributed by atoms with Gasteiger partial charge in [0, 0.05) is 24.5 Å². The number of hydrogen-bond acceptors (Lipinski definition) is 3. The Hall–Kier alpha value is -2.10. The number of anilines is 2. The summed E-state index contributed by atoms with van der Waals surface area (Å²) in [6.45, 7) is 1.56. The SMILES string of the molecule is CC(=O)c1ccccc1Nc1cnn(C)c1. The first-order chi connectivity index (χ1) is 7.66. The molecule has 0 unspecified atom stereocenters. The van der Waals surface area contributed by atoms with Crippen molar-refractivity contribution in [2.75, 3.05) is 5.32 Å². The van der Waals surface area contributed by atoms with Gasteiger partial charge < -0.3 is 5.32 Å². The molecule has 1 aromatic heterocycles. The molecule has 4 heteroatoms. The van der Waals surface area contributed by atoms with Crippen molar-refractivity contribution in [2.24, 2.45) is 7.05 Å². The lowest BCUT2D eigenvalue weighted by Gasteiger charge is -2.07. The van der Waals surface area contributed by atoms with E-state index in [-0.39, 0.29) is 5.78 Å². The molecule has 0 aliphatic rings. The van der Waals surface area contributed by atoms with Gasteiger partial charge in [-0.05, 0) is 19.1 Å². The van der Waals surface area contributed by atoms with Crippen molar-refractivity contribution in [1.29, 1.82) is 0 Å². The van der Waals surface area contributed by atoms with E-state index in [9.17, 15) is 4.79 Å². The lowest BCUT2D eigenvalue weighted by atomic mass is 10.1. The second-order valence-corrected chi connectivity index (χ2v) is 3.63. The number of aryl methyl sites for hydroxylation is 1. The molecule has 1 heterocycles. The number of para-hydroxylation sites is 1. The number of carbonyl (C=O) groups is 1. The van der Waals surface area contributed by atoms with Gasteiger partial charge >= 0.3 is 0 Å². The van der Waals surface area contributed by atoms with Crippen LogP contribution in [-0.2, 0) is 7.05 Å². The van der Waals surface area contributed by atoms with Gasteiger partial charge in [0.2, 0.25) is 0 Å². The van der Waals surface area contributed by atoms with Crippen molar-refractivity contribution in [1.82, 2.24) is 9.78 Å². The minimum Gasteiger partial charge on any atom is -0.352 e. The van der Waals surface area contributed by atoms with Crippen molar-refractivity contribution < 1.29 is 4.79 Å². The van der Waals surface area contributed by atoms with E-state index >= 15 is 0 Å². The maximum Gasteiger partial charge on any atom is 0.161 e. The predicted molar refractivity (Wildman–Crippen MR) is 62.9 cm³/mol. The molecule has 0 bridgehead atoms. The van der Waals surface area contributed by atoms with Gasteiger partial charge in [-0.2, -0.15) is 5.10 Å². The Morgan fingerprint density at radius 2 is 2.12 bits per heavy atom. The molecule has 2 rings (SSSR count). The van der Waals surface area contributed by atoms with Gasteiger partial charge in [-0.3, -0.25) is 9.48 Å². The van der Waals surface area contributed by atoms with Gasteiger partial charge in [0.25, 0.3) is 0 Å². The smallest absolute Gasteiger partial charge is 0.161 e. The van der Waals surface area contributed by atoms with Gasteiger partial charge in [0.15, 0.2) is 5.78 Å². The molecule has 1 N–H and O–H groups in total. The quantitative estimate of drug-likeness (QED) is 0.799. The Kier molecular flexibility index (Phi) is 2.72. The van der Waals surface area contributed by atoms with Gasteiger partial charge in [-0.1, -0.05) is 12.1 Å². The maximum atomic E-state index is 11.4. The Bertz CT molecular complexity index is 516. The summed E-state index contributed by atoms with van der Waals surface area (Å²) in [5.41, 5.74) is 2.37. The molecule has 1 aromatic carbocycles. The zero-order valence-electron chi connectivity index (χ0n) is 9.27. The molecule has 0 spiro atoms. The number of benzene rings is 1. The van der Waals surface area contributed by atoms with E-state index in [1.807, 2.05) is 31.4 Å². The van der Waals surface area contributed by atoms with Crippen molar-refractivity contribution in [3.63, 3.8) is 0 Å². The minimum absolute atomic E-state index is 0.0481. The van der Waals surface area contributed by atoms with Crippen molar-refractivity contribution in [3.8, 4) is 0 Å². The Balaban J connectivity index is 2.31.